The molecule has 2 aromatic rings. The molecule has 4 rings (SSSR count). The zero-order valence-electron chi connectivity index (χ0n) is 14.0. The molecule has 2 unspecified atom stereocenters. The first-order valence-electron chi connectivity index (χ1n) is 9.03. The SMILES string of the molecule is OC(CNC(c1cccs1)C1CC1)CN1CCc2ccccc2C1. The molecule has 0 saturated heterocycles. The molecular formula is C20H26N2OS. The van der Waals surface area contributed by atoms with Crippen LogP contribution in [0.3, 0.4) is 0 Å². The number of aliphatic hydroxyl groups is 1. The summed E-state index contributed by atoms with van der Waals surface area (Å²) in [5.41, 5.74) is 2.88. The van der Waals surface area contributed by atoms with Gasteiger partial charge in [0.25, 0.3) is 0 Å². The smallest absolute Gasteiger partial charge is 0.0791 e. The van der Waals surface area contributed by atoms with Crippen molar-refractivity contribution in [3.63, 3.8) is 0 Å². The lowest BCUT2D eigenvalue weighted by molar-refractivity contribution is 0.101. The fraction of sp³-hybridized carbons (Fsp3) is 0.500. The second kappa shape index (κ2) is 7.36. The van der Waals surface area contributed by atoms with Gasteiger partial charge in [0.2, 0.25) is 0 Å². The number of rotatable bonds is 7. The minimum Gasteiger partial charge on any atom is -0.390 e. The van der Waals surface area contributed by atoms with E-state index in [1.54, 1.807) is 0 Å². The van der Waals surface area contributed by atoms with E-state index >= 15 is 0 Å². The number of fused-ring (bicyclic) bond motifs is 1. The van der Waals surface area contributed by atoms with E-state index in [0.717, 1.165) is 32.0 Å². The van der Waals surface area contributed by atoms with Gasteiger partial charge in [0.15, 0.2) is 0 Å². The molecule has 1 aromatic carbocycles. The van der Waals surface area contributed by atoms with E-state index in [-0.39, 0.29) is 6.10 Å². The van der Waals surface area contributed by atoms with Crippen LogP contribution in [0.1, 0.15) is 34.9 Å². The molecule has 2 N–H and O–H groups in total. The Labute approximate surface area is 148 Å². The van der Waals surface area contributed by atoms with Crippen molar-refractivity contribution in [2.45, 2.75) is 38.0 Å². The number of aliphatic hydroxyl groups excluding tert-OH is 1. The number of hydrogen-bond acceptors (Lipinski definition) is 4. The maximum Gasteiger partial charge on any atom is 0.0791 e. The van der Waals surface area contributed by atoms with Crippen LogP contribution < -0.4 is 5.32 Å². The van der Waals surface area contributed by atoms with E-state index < -0.39 is 0 Å². The van der Waals surface area contributed by atoms with Gasteiger partial charge in [-0.2, -0.15) is 0 Å². The van der Waals surface area contributed by atoms with Gasteiger partial charge < -0.3 is 10.4 Å². The molecule has 1 aliphatic carbocycles. The predicted molar refractivity (Wildman–Crippen MR) is 99.2 cm³/mol. The highest BCUT2D eigenvalue weighted by Crippen LogP contribution is 2.42. The summed E-state index contributed by atoms with van der Waals surface area (Å²) in [6, 6.07) is 13.4. The zero-order valence-corrected chi connectivity index (χ0v) is 14.8. The normalized spacial score (nSPS) is 20.5. The summed E-state index contributed by atoms with van der Waals surface area (Å²) in [4.78, 5) is 3.79. The summed E-state index contributed by atoms with van der Waals surface area (Å²) in [5, 5.41) is 16.3. The number of β-amino-alcohol motifs (C(OH)–C–C–N with tert-alkyl or cyclic N) is 1. The van der Waals surface area contributed by atoms with E-state index in [0.29, 0.717) is 12.6 Å². The van der Waals surface area contributed by atoms with Gasteiger partial charge in [0.05, 0.1) is 6.10 Å². The van der Waals surface area contributed by atoms with Gasteiger partial charge in [0.1, 0.15) is 0 Å². The Morgan fingerprint density at radius 2 is 2.00 bits per heavy atom. The van der Waals surface area contributed by atoms with E-state index in [1.165, 1.54) is 28.8 Å². The Morgan fingerprint density at radius 3 is 2.75 bits per heavy atom. The van der Waals surface area contributed by atoms with E-state index in [2.05, 4.69) is 52.0 Å². The molecule has 2 atom stereocenters. The van der Waals surface area contributed by atoms with Crippen molar-refractivity contribution in [3.8, 4) is 0 Å². The van der Waals surface area contributed by atoms with Gasteiger partial charge in [-0.15, -0.1) is 11.3 Å². The lowest BCUT2D eigenvalue weighted by Gasteiger charge is -2.31. The molecule has 0 bridgehead atoms. The fourth-order valence-corrected chi connectivity index (χ4v) is 4.63. The molecule has 0 spiro atoms. The van der Waals surface area contributed by atoms with Crippen LogP contribution in [-0.4, -0.2) is 35.7 Å². The quantitative estimate of drug-likeness (QED) is 0.811. The molecule has 128 valence electrons. The van der Waals surface area contributed by atoms with Gasteiger partial charge in [-0.25, -0.2) is 0 Å². The van der Waals surface area contributed by atoms with Crippen molar-refractivity contribution in [2.24, 2.45) is 5.92 Å². The minimum atomic E-state index is -0.309. The van der Waals surface area contributed by atoms with Crippen molar-refractivity contribution in [1.29, 1.82) is 0 Å². The van der Waals surface area contributed by atoms with Gasteiger partial charge in [0, 0.05) is 37.1 Å². The van der Waals surface area contributed by atoms with Gasteiger partial charge in [-0.1, -0.05) is 30.3 Å². The van der Waals surface area contributed by atoms with Crippen molar-refractivity contribution in [2.75, 3.05) is 19.6 Å². The topological polar surface area (TPSA) is 35.5 Å². The maximum absolute atomic E-state index is 10.5. The lowest BCUT2D eigenvalue weighted by atomic mass is 10.00. The summed E-state index contributed by atoms with van der Waals surface area (Å²) in [5.74, 6) is 0.762. The monoisotopic (exact) mass is 342 g/mol. The van der Waals surface area contributed by atoms with E-state index in [4.69, 9.17) is 0 Å². The Hall–Kier alpha value is -1.20. The number of thiophene rings is 1. The highest BCUT2D eigenvalue weighted by molar-refractivity contribution is 7.10. The standard InChI is InChI=1S/C20H26N2OS/c23-18(12-21-20(16-7-8-16)19-6-3-11-24-19)14-22-10-9-15-4-1-2-5-17(15)13-22/h1-6,11,16,18,20-21,23H,7-10,12-14H2. The Kier molecular flexibility index (Phi) is 4.99. The first-order chi connectivity index (χ1) is 11.8. The second-order valence-electron chi connectivity index (χ2n) is 7.15. The predicted octanol–water partition coefficient (Wildman–Crippen LogP) is 3.21. The third-order valence-corrected chi connectivity index (χ3v) is 6.15. The van der Waals surface area contributed by atoms with Crippen LogP contribution >= 0.6 is 11.3 Å². The highest BCUT2D eigenvalue weighted by atomic mass is 32.1. The summed E-state index contributed by atoms with van der Waals surface area (Å²) in [7, 11) is 0. The van der Waals surface area contributed by atoms with E-state index in [1.807, 2.05) is 11.3 Å². The van der Waals surface area contributed by atoms with Crippen LogP contribution in [0.4, 0.5) is 0 Å². The van der Waals surface area contributed by atoms with Crippen LogP contribution in [0.2, 0.25) is 0 Å². The second-order valence-corrected chi connectivity index (χ2v) is 8.13. The number of hydrogen-bond donors (Lipinski definition) is 2. The molecule has 1 aliphatic heterocycles. The van der Waals surface area contributed by atoms with Crippen LogP contribution in [-0.2, 0) is 13.0 Å². The average molecular weight is 343 g/mol. The maximum atomic E-state index is 10.5. The summed E-state index contributed by atoms with van der Waals surface area (Å²) >= 11 is 1.82. The molecule has 4 heteroatoms. The Bertz CT molecular complexity index is 653. The van der Waals surface area contributed by atoms with Crippen molar-refractivity contribution in [3.05, 3.63) is 57.8 Å². The average Bonchev–Trinajstić information content (AvgIpc) is 3.29. The highest BCUT2D eigenvalue weighted by Gasteiger charge is 2.33. The van der Waals surface area contributed by atoms with Crippen LogP contribution in [0.15, 0.2) is 41.8 Å². The molecule has 0 amide bonds. The molecule has 1 saturated carbocycles. The molecule has 1 aromatic heterocycles. The third-order valence-electron chi connectivity index (χ3n) is 5.20. The first kappa shape index (κ1) is 16.3. The Morgan fingerprint density at radius 1 is 1.17 bits per heavy atom. The molecule has 24 heavy (non-hydrogen) atoms. The zero-order chi connectivity index (χ0) is 16.4. The lowest BCUT2D eigenvalue weighted by Crippen LogP contribution is -2.41. The molecule has 1 fully saturated rings. The largest absolute Gasteiger partial charge is 0.390 e. The van der Waals surface area contributed by atoms with Crippen LogP contribution in [0.5, 0.6) is 0 Å². The number of benzene rings is 1. The summed E-state index contributed by atoms with van der Waals surface area (Å²) < 4.78 is 0. The first-order valence-corrected chi connectivity index (χ1v) is 9.91. The fourth-order valence-electron chi connectivity index (χ4n) is 3.73. The van der Waals surface area contributed by atoms with Crippen molar-refractivity contribution in [1.82, 2.24) is 10.2 Å². The molecular weight excluding hydrogens is 316 g/mol. The molecule has 2 aliphatic rings. The number of nitrogens with zero attached hydrogens (tertiary/aromatic N) is 1. The van der Waals surface area contributed by atoms with Crippen LogP contribution in [0.25, 0.3) is 0 Å². The molecule has 2 heterocycles. The van der Waals surface area contributed by atoms with Crippen molar-refractivity contribution >= 4 is 11.3 Å². The van der Waals surface area contributed by atoms with Gasteiger partial charge in [-0.05, 0) is 47.8 Å². The van der Waals surface area contributed by atoms with E-state index in [9.17, 15) is 5.11 Å². The van der Waals surface area contributed by atoms with Crippen molar-refractivity contribution < 1.29 is 5.11 Å². The summed E-state index contributed by atoms with van der Waals surface area (Å²) in [6.45, 7) is 3.44. The minimum absolute atomic E-state index is 0.309. The summed E-state index contributed by atoms with van der Waals surface area (Å²) in [6.07, 6.45) is 3.41. The van der Waals surface area contributed by atoms with Gasteiger partial charge in [-0.3, -0.25) is 4.90 Å². The third kappa shape index (κ3) is 3.89. The van der Waals surface area contributed by atoms with Gasteiger partial charge >= 0.3 is 0 Å². The van der Waals surface area contributed by atoms with Crippen LogP contribution in [0, 0.1) is 5.92 Å². The molecule has 3 nitrogen and oxygen atoms in total. The molecule has 0 radical (unpaired) electrons. The Balaban J connectivity index is 1.28. The number of nitrogens with one attached hydrogen (secondary N) is 1.